The largest absolute Gasteiger partial charge is 0.351 e. The molecule has 1 aliphatic heterocycles. The third-order valence-electron chi connectivity index (χ3n) is 5.83. The molecule has 0 spiro atoms. The monoisotopic (exact) mass is 404 g/mol. The summed E-state index contributed by atoms with van der Waals surface area (Å²) in [5, 5.41) is 8.49. The molecule has 0 unspecified atom stereocenters. The predicted molar refractivity (Wildman–Crippen MR) is 119 cm³/mol. The van der Waals surface area contributed by atoms with Crippen LogP contribution in [0, 0.1) is 5.92 Å². The second kappa shape index (κ2) is 9.22. The van der Waals surface area contributed by atoms with Crippen molar-refractivity contribution in [2.45, 2.75) is 26.2 Å². The standard InChI is InChI=1S/C24H28N4O2/c1-18-12-16-27(17-13-18)15-7-14-25-23(29)22-20-10-5-6-11-21(20)24(30)28(26-22)19-8-3-2-4-9-19/h2-6,8-11,18H,7,12-17H2,1H3,(H,25,29). The van der Waals surface area contributed by atoms with Gasteiger partial charge in [0.2, 0.25) is 0 Å². The maximum Gasteiger partial charge on any atom is 0.279 e. The average Bonchev–Trinajstić information content (AvgIpc) is 2.79. The molecule has 2 aromatic carbocycles. The highest BCUT2D eigenvalue weighted by atomic mass is 16.2. The van der Waals surface area contributed by atoms with Crippen LogP contribution in [0.15, 0.2) is 59.4 Å². The summed E-state index contributed by atoms with van der Waals surface area (Å²) in [7, 11) is 0. The fourth-order valence-corrected chi connectivity index (χ4v) is 3.98. The highest BCUT2D eigenvalue weighted by Crippen LogP contribution is 2.16. The first kappa shape index (κ1) is 20.3. The molecule has 1 fully saturated rings. The number of hydrogen-bond acceptors (Lipinski definition) is 4. The molecule has 4 rings (SSSR count). The van der Waals surface area contributed by atoms with Crippen molar-refractivity contribution in [3.8, 4) is 5.69 Å². The first-order chi connectivity index (χ1) is 14.6. The van der Waals surface area contributed by atoms with E-state index >= 15 is 0 Å². The summed E-state index contributed by atoms with van der Waals surface area (Å²) in [6.07, 6.45) is 3.41. The maximum absolute atomic E-state index is 12.9. The summed E-state index contributed by atoms with van der Waals surface area (Å²) in [4.78, 5) is 28.3. The molecule has 1 saturated heterocycles. The number of nitrogens with one attached hydrogen (secondary N) is 1. The van der Waals surface area contributed by atoms with Gasteiger partial charge in [0.05, 0.1) is 11.1 Å². The first-order valence-corrected chi connectivity index (χ1v) is 10.7. The Labute approximate surface area is 176 Å². The Morgan fingerprint density at radius 3 is 2.43 bits per heavy atom. The third-order valence-corrected chi connectivity index (χ3v) is 5.83. The van der Waals surface area contributed by atoms with E-state index in [2.05, 4.69) is 22.2 Å². The van der Waals surface area contributed by atoms with Crippen LogP contribution in [0.2, 0.25) is 0 Å². The summed E-state index contributed by atoms with van der Waals surface area (Å²) in [5.41, 5.74) is 0.690. The van der Waals surface area contributed by atoms with Gasteiger partial charge in [-0.2, -0.15) is 9.78 Å². The molecule has 2 heterocycles. The molecular weight excluding hydrogens is 376 g/mol. The molecule has 1 N–H and O–H groups in total. The second-order valence-electron chi connectivity index (χ2n) is 8.08. The van der Waals surface area contributed by atoms with Gasteiger partial charge in [0.25, 0.3) is 11.5 Å². The van der Waals surface area contributed by atoms with E-state index in [1.165, 1.54) is 17.5 Å². The molecule has 1 aliphatic rings. The third kappa shape index (κ3) is 4.44. The van der Waals surface area contributed by atoms with Crippen molar-refractivity contribution >= 4 is 16.7 Å². The predicted octanol–water partition coefficient (Wildman–Crippen LogP) is 3.24. The molecule has 1 aromatic heterocycles. The zero-order valence-corrected chi connectivity index (χ0v) is 17.4. The van der Waals surface area contributed by atoms with E-state index in [1.807, 2.05) is 36.4 Å². The highest BCUT2D eigenvalue weighted by molar-refractivity contribution is 6.04. The number of para-hydroxylation sites is 1. The Hall–Kier alpha value is -2.99. The molecule has 6 heteroatoms. The van der Waals surface area contributed by atoms with E-state index in [0.29, 0.717) is 23.0 Å². The lowest BCUT2D eigenvalue weighted by Gasteiger charge is -2.30. The minimum Gasteiger partial charge on any atom is -0.351 e. The number of piperidine rings is 1. The van der Waals surface area contributed by atoms with E-state index in [1.54, 1.807) is 18.2 Å². The number of carbonyl (C=O) groups is 1. The van der Waals surface area contributed by atoms with E-state index in [0.717, 1.165) is 32.0 Å². The number of amides is 1. The Balaban J connectivity index is 1.51. The van der Waals surface area contributed by atoms with Gasteiger partial charge >= 0.3 is 0 Å². The van der Waals surface area contributed by atoms with Crippen LogP contribution in [0.3, 0.4) is 0 Å². The van der Waals surface area contributed by atoms with Gasteiger partial charge in [-0.3, -0.25) is 9.59 Å². The smallest absolute Gasteiger partial charge is 0.279 e. The van der Waals surface area contributed by atoms with Crippen LogP contribution >= 0.6 is 0 Å². The quantitative estimate of drug-likeness (QED) is 0.641. The van der Waals surface area contributed by atoms with E-state index in [9.17, 15) is 9.59 Å². The lowest BCUT2D eigenvalue weighted by atomic mass is 9.99. The fraction of sp³-hybridized carbons (Fsp3) is 0.375. The molecule has 3 aromatic rings. The zero-order chi connectivity index (χ0) is 20.9. The van der Waals surface area contributed by atoms with Gasteiger partial charge in [-0.05, 0) is 63.0 Å². The molecule has 156 valence electrons. The van der Waals surface area contributed by atoms with Crippen LogP contribution in [0.25, 0.3) is 16.5 Å². The zero-order valence-electron chi connectivity index (χ0n) is 17.4. The Morgan fingerprint density at radius 2 is 1.70 bits per heavy atom. The van der Waals surface area contributed by atoms with Crippen LogP contribution in [0.4, 0.5) is 0 Å². The van der Waals surface area contributed by atoms with Gasteiger partial charge < -0.3 is 10.2 Å². The normalized spacial score (nSPS) is 15.4. The molecule has 0 aliphatic carbocycles. The van der Waals surface area contributed by atoms with Crippen molar-refractivity contribution in [2.75, 3.05) is 26.2 Å². The van der Waals surface area contributed by atoms with Gasteiger partial charge in [-0.1, -0.05) is 43.3 Å². The van der Waals surface area contributed by atoms with E-state index in [-0.39, 0.29) is 17.2 Å². The average molecular weight is 405 g/mol. The van der Waals surface area contributed by atoms with Crippen LogP contribution in [-0.2, 0) is 0 Å². The van der Waals surface area contributed by atoms with Gasteiger partial charge in [0.1, 0.15) is 0 Å². The fourth-order valence-electron chi connectivity index (χ4n) is 3.98. The van der Waals surface area contributed by atoms with Crippen molar-refractivity contribution in [2.24, 2.45) is 5.92 Å². The Kier molecular flexibility index (Phi) is 6.23. The summed E-state index contributed by atoms with van der Waals surface area (Å²) in [5.74, 6) is 0.573. The molecule has 6 nitrogen and oxygen atoms in total. The van der Waals surface area contributed by atoms with Gasteiger partial charge in [0, 0.05) is 11.9 Å². The highest BCUT2D eigenvalue weighted by Gasteiger charge is 2.18. The molecule has 30 heavy (non-hydrogen) atoms. The number of likely N-dealkylation sites (tertiary alicyclic amines) is 1. The van der Waals surface area contributed by atoms with Crippen LogP contribution in [0.1, 0.15) is 36.7 Å². The van der Waals surface area contributed by atoms with Gasteiger partial charge in [-0.15, -0.1) is 0 Å². The molecule has 0 atom stereocenters. The van der Waals surface area contributed by atoms with Crippen molar-refractivity contribution in [1.82, 2.24) is 20.0 Å². The summed E-state index contributed by atoms with van der Waals surface area (Å²) in [6, 6.07) is 16.3. The number of carbonyl (C=O) groups excluding carboxylic acids is 1. The molecular formula is C24H28N4O2. The summed E-state index contributed by atoms with van der Waals surface area (Å²) < 4.78 is 1.31. The molecule has 0 bridgehead atoms. The number of rotatable bonds is 6. The van der Waals surface area contributed by atoms with Crippen molar-refractivity contribution in [3.63, 3.8) is 0 Å². The van der Waals surface area contributed by atoms with Crippen LogP contribution in [-0.4, -0.2) is 46.8 Å². The second-order valence-corrected chi connectivity index (χ2v) is 8.08. The van der Waals surface area contributed by atoms with Crippen molar-refractivity contribution < 1.29 is 4.79 Å². The number of hydrogen-bond donors (Lipinski definition) is 1. The number of aromatic nitrogens is 2. The van der Waals surface area contributed by atoms with Crippen molar-refractivity contribution in [3.05, 3.63) is 70.6 Å². The number of fused-ring (bicyclic) bond motifs is 1. The van der Waals surface area contributed by atoms with Crippen LogP contribution < -0.4 is 10.9 Å². The first-order valence-electron chi connectivity index (χ1n) is 10.7. The lowest BCUT2D eigenvalue weighted by Crippen LogP contribution is -2.36. The van der Waals surface area contributed by atoms with Gasteiger partial charge in [-0.25, -0.2) is 0 Å². The number of benzene rings is 2. The van der Waals surface area contributed by atoms with Crippen LogP contribution in [0.5, 0.6) is 0 Å². The SMILES string of the molecule is CC1CCN(CCCNC(=O)c2nn(-c3ccccc3)c(=O)c3ccccc23)CC1. The van der Waals surface area contributed by atoms with Gasteiger partial charge in [0.15, 0.2) is 5.69 Å². The minimum atomic E-state index is -0.247. The Morgan fingerprint density at radius 1 is 1.03 bits per heavy atom. The van der Waals surface area contributed by atoms with Crippen molar-refractivity contribution in [1.29, 1.82) is 0 Å². The number of nitrogens with zero attached hydrogens (tertiary/aromatic N) is 3. The maximum atomic E-state index is 12.9. The molecule has 0 radical (unpaired) electrons. The lowest BCUT2D eigenvalue weighted by molar-refractivity contribution is 0.0946. The molecule has 1 amide bonds. The summed E-state index contributed by atoms with van der Waals surface area (Å²) in [6.45, 7) is 6.17. The molecule has 0 saturated carbocycles. The minimum absolute atomic E-state index is 0.229. The van der Waals surface area contributed by atoms with E-state index < -0.39 is 0 Å². The Bertz CT molecular complexity index is 1070. The van der Waals surface area contributed by atoms with E-state index in [4.69, 9.17) is 0 Å². The summed E-state index contributed by atoms with van der Waals surface area (Å²) >= 11 is 0. The topological polar surface area (TPSA) is 67.2 Å².